The van der Waals surface area contributed by atoms with Crippen molar-refractivity contribution in [1.29, 1.82) is 0 Å². The summed E-state index contributed by atoms with van der Waals surface area (Å²) >= 11 is 5.87. The summed E-state index contributed by atoms with van der Waals surface area (Å²) in [4.78, 5) is 8.30. The molecule has 2 N–H and O–H groups in total. The molecule has 0 spiro atoms. The molecule has 0 atom stereocenters. The molecular weight excluding hydrogens is 289 g/mol. The quantitative estimate of drug-likeness (QED) is 0.772. The first-order valence-electron chi connectivity index (χ1n) is 6.29. The second-order valence-electron chi connectivity index (χ2n) is 4.48. The van der Waals surface area contributed by atoms with Crippen molar-refractivity contribution in [1.82, 2.24) is 9.97 Å². The van der Waals surface area contributed by atoms with E-state index in [2.05, 4.69) is 9.97 Å². The summed E-state index contributed by atoms with van der Waals surface area (Å²) in [5.74, 6) is -0.252. The van der Waals surface area contributed by atoms with E-state index in [1.807, 2.05) is 12.1 Å². The van der Waals surface area contributed by atoms with Crippen LogP contribution in [0.25, 0.3) is 22.5 Å². The predicted molar refractivity (Wildman–Crippen MR) is 82.3 cm³/mol. The molecule has 2 aromatic carbocycles. The number of rotatable bonds is 2. The highest BCUT2D eigenvalue weighted by Crippen LogP contribution is 2.26. The van der Waals surface area contributed by atoms with Gasteiger partial charge in [-0.15, -0.1) is 0 Å². The van der Waals surface area contributed by atoms with Crippen LogP contribution in [0.5, 0.6) is 0 Å². The van der Waals surface area contributed by atoms with Gasteiger partial charge in [-0.3, -0.25) is 0 Å². The molecule has 0 amide bonds. The van der Waals surface area contributed by atoms with E-state index in [1.165, 1.54) is 6.07 Å². The molecule has 3 aromatic rings. The topological polar surface area (TPSA) is 51.8 Å². The molecule has 0 aliphatic carbocycles. The Hall–Kier alpha value is -2.46. The molecule has 0 unspecified atom stereocenters. The first kappa shape index (κ1) is 13.5. The van der Waals surface area contributed by atoms with Gasteiger partial charge in [-0.1, -0.05) is 35.9 Å². The molecule has 0 radical (unpaired) electrons. The maximum atomic E-state index is 13.9. The first-order chi connectivity index (χ1) is 10.1. The summed E-state index contributed by atoms with van der Waals surface area (Å²) in [5.41, 5.74) is 8.05. The number of nitrogens with two attached hydrogens (primary N) is 1. The molecule has 5 heteroatoms. The molecule has 3 rings (SSSR count). The van der Waals surface area contributed by atoms with Crippen LogP contribution < -0.4 is 5.73 Å². The Labute approximate surface area is 126 Å². The Morgan fingerprint density at radius 3 is 2.29 bits per heavy atom. The number of aromatic nitrogens is 2. The number of nitrogens with zero attached hydrogens (tertiary/aromatic N) is 2. The second-order valence-corrected chi connectivity index (χ2v) is 4.92. The van der Waals surface area contributed by atoms with Crippen molar-refractivity contribution in [2.75, 3.05) is 5.73 Å². The van der Waals surface area contributed by atoms with Gasteiger partial charge in [0.1, 0.15) is 5.82 Å². The molecule has 0 aliphatic heterocycles. The number of anilines is 1. The van der Waals surface area contributed by atoms with Crippen molar-refractivity contribution in [3.05, 3.63) is 65.4 Å². The lowest BCUT2D eigenvalue weighted by Gasteiger charge is -2.07. The van der Waals surface area contributed by atoms with Gasteiger partial charge in [0.25, 0.3) is 0 Å². The predicted octanol–water partition coefficient (Wildman–Crippen LogP) is 4.19. The summed E-state index contributed by atoms with van der Waals surface area (Å²) < 4.78 is 13.9. The normalized spacial score (nSPS) is 10.6. The maximum absolute atomic E-state index is 13.9. The van der Waals surface area contributed by atoms with E-state index < -0.39 is 0 Å². The van der Waals surface area contributed by atoms with Crippen LogP contribution in [0.4, 0.5) is 10.3 Å². The summed E-state index contributed by atoms with van der Waals surface area (Å²) in [6, 6.07) is 15.3. The van der Waals surface area contributed by atoms with Gasteiger partial charge in [-0.2, -0.15) is 0 Å². The Morgan fingerprint density at radius 2 is 1.57 bits per heavy atom. The van der Waals surface area contributed by atoms with Crippen molar-refractivity contribution >= 4 is 17.5 Å². The van der Waals surface area contributed by atoms with Crippen LogP contribution in [0.1, 0.15) is 0 Å². The molecule has 1 heterocycles. The number of hydrogen-bond acceptors (Lipinski definition) is 3. The lowest BCUT2D eigenvalue weighted by atomic mass is 10.1. The summed E-state index contributed by atoms with van der Waals surface area (Å²) in [6.45, 7) is 0. The van der Waals surface area contributed by atoms with Crippen LogP contribution >= 0.6 is 11.6 Å². The van der Waals surface area contributed by atoms with Gasteiger partial charge in [-0.25, -0.2) is 14.4 Å². The SMILES string of the molecule is Nc1nc(-c2ccc(Cl)cc2)cc(-c2ccccc2F)n1. The van der Waals surface area contributed by atoms with Crippen molar-refractivity contribution in [2.24, 2.45) is 0 Å². The molecule has 0 saturated heterocycles. The molecule has 0 bridgehead atoms. The van der Waals surface area contributed by atoms with Gasteiger partial charge in [0.05, 0.1) is 11.4 Å². The van der Waals surface area contributed by atoms with Crippen molar-refractivity contribution in [3.8, 4) is 22.5 Å². The number of benzene rings is 2. The molecule has 0 fully saturated rings. The number of hydrogen-bond donors (Lipinski definition) is 1. The fourth-order valence-electron chi connectivity index (χ4n) is 2.04. The molecule has 3 nitrogen and oxygen atoms in total. The molecule has 1 aromatic heterocycles. The third-order valence-electron chi connectivity index (χ3n) is 3.03. The van der Waals surface area contributed by atoms with E-state index in [0.717, 1.165) is 5.56 Å². The van der Waals surface area contributed by atoms with E-state index in [-0.39, 0.29) is 11.8 Å². The fourth-order valence-corrected chi connectivity index (χ4v) is 2.17. The maximum Gasteiger partial charge on any atom is 0.221 e. The average molecular weight is 300 g/mol. The minimum absolute atomic E-state index is 0.0979. The van der Waals surface area contributed by atoms with Crippen LogP contribution in [0.2, 0.25) is 5.02 Å². The zero-order chi connectivity index (χ0) is 14.8. The minimum atomic E-state index is -0.349. The van der Waals surface area contributed by atoms with Gasteiger partial charge in [0.2, 0.25) is 5.95 Å². The standard InChI is InChI=1S/C16H11ClFN3/c17-11-7-5-10(6-8-11)14-9-15(21-16(19)20-14)12-3-1-2-4-13(12)18/h1-9H,(H2,19,20,21). The third-order valence-corrected chi connectivity index (χ3v) is 3.29. The zero-order valence-corrected chi connectivity index (χ0v) is 11.7. The van der Waals surface area contributed by atoms with Crippen LogP contribution in [-0.4, -0.2) is 9.97 Å². The zero-order valence-electron chi connectivity index (χ0n) is 10.9. The van der Waals surface area contributed by atoms with Gasteiger partial charge in [-0.05, 0) is 30.3 Å². The largest absolute Gasteiger partial charge is 0.368 e. The number of nitrogen functional groups attached to an aromatic ring is 1. The molecule has 0 saturated carbocycles. The van der Waals surface area contributed by atoms with Gasteiger partial charge >= 0.3 is 0 Å². The van der Waals surface area contributed by atoms with E-state index in [1.54, 1.807) is 36.4 Å². The smallest absolute Gasteiger partial charge is 0.221 e. The van der Waals surface area contributed by atoms with Crippen molar-refractivity contribution < 1.29 is 4.39 Å². The highest BCUT2D eigenvalue weighted by molar-refractivity contribution is 6.30. The Bertz CT molecular complexity index is 788. The Morgan fingerprint density at radius 1 is 0.905 bits per heavy atom. The van der Waals surface area contributed by atoms with Crippen molar-refractivity contribution in [2.45, 2.75) is 0 Å². The van der Waals surface area contributed by atoms with E-state index >= 15 is 0 Å². The van der Waals surface area contributed by atoms with Gasteiger partial charge in [0.15, 0.2) is 0 Å². The molecule has 0 aliphatic rings. The summed E-state index contributed by atoms with van der Waals surface area (Å²) in [5, 5.41) is 0.634. The molecule has 104 valence electrons. The lowest BCUT2D eigenvalue weighted by molar-refractivity contribution is 0.630. The first-order valence-corrected chi connectivity index (χ1v) is 6.67. The van der Waals surface area contributed by atoms with Gasteiger partial charge < -0.3 is 5.73 Å². The third kappa shape index (κ3) is 2.85. The van der Waals surface area contributed by atoms with Crippen LogP contribution in [0, 0.1) is 5.82 Å². The van der Waals surface area contributed by atoms with E-state index in [4.69, 9.17) is 17.3 Å². The Kier molecular flexibility index (Phi) is 3.54. The van der Waals surface area contributed by atoms with E-state index in [9.17, 15) is 4.39 Å². The Balaban J connectivity index is 2.13. The molecular formula is C16H11ClFN3. The number of halogens is 2. The van der Waals surface area contributed by atoms with E-state index in [0.29, 0.717) is 22.0 Å². The average Bonchev–Trinajstić information content (AvgIpc) is 2.48. The molecule has 21 heavy (non-hydrogen) atoms. The summed E-state index contributed by atoms with van der Waals surface area (Å²) in [6.07, 6.45) is 0. The minimum Gasteiger partial charge on any atom is -0.368 e. The monoisotopic (exact) mass is 299 g/mol. The fraction of sp³-hybridized carbons (Fsp3) is 0. The van der Waals surface area contributed by atoms with Crippen LogP contribution in [-0.2, 0) is 0 Å². The van der Waals surface area contributed by atoms with Crippen LogP contribution in [0.15, 0.2) is 54.6 Å². The van der Waals surface area contributed by atoms with Crippen LogP contribution in [0.3, 0.4) is 0 Å². The van der Waals surface area contributed by atoms with Crippen molar-refractivity contribution in [3.63, 3.8) is 0 Å². The summed E-state index contributed by atoms with van der Waals surface area (Å²) in [7, 11) is 0. The second kappa shape index (κ2) is 5.50. The lowest BCUT2D eigenvalue weighted by Crippen LogP contribution is -1.99. The highest BCUT2D eigenvalue weighted by atomic mass is 35.5. The highest BCUT2D eigenvalue weighted by Gasteiger charge is 2.10. The van der Waals surface area contributed by atoms with Gasteiger partial charge in [0, 0.05) is 16.1 Å².